The van der Waals surface area contributed by atoms with Crippen molar-refractivity contribution in [1.82, 2.24) is 15.2 Å². The van der Waals surface area contributed by atoms with E-state index in [0.717, 1.165) is 13.1 Å². The molecule has 0 unspecified atom stereocenters. The van der Waals surface area contributed by atoms with Gasteiger partial charge >= 0.3 is 5.82 Å². The number of hydrogen-bond acceptors (Lipinski definition) is 5. The number of piperidine rings is 1. The minimum absolute atomic E-state index is 0.0847. The number of nitrogens with zero attached hydrogens (tertiary/aromatic N) is 2. The van der Waals surface area contributed by atoms with Crippen molar-refractivity contribution in [3.63, 3.8) is 0 Å². The van der Waals surface area contributed by atoms with Crippen molar-refractivity contribution >= 4 is 17.6 Å². The number of carbonyl (C=O) groups excluding carboxylic acids is 2. The first-order chi connectivity index (χ1) is 9.99. The number of nitro groups is 1. The Morgan fingerprint density at radius 3 is 2.57 bits per heavy atom. The van der Waals surface area contributed by atoms with Crippen molar-refractivity contribution in [3.05, 3.63) is 27.9 Å². The Bertz CT molecular complexity index is 550. The lowest BCUT2D eigenvalue weighted by molar-refractivity contribution is -0.389. The first kappa shape index (κ1) is 15.0. The van der Waals surface area contributed by atoms with Crippen LogP contribution in [0.25, 0.3) is 0 Å². The number of amides is 2. The predicted molar refractivity (Wildman–Crippen MR) is 73.6 cm³/mol. The zero-order valence-electron chi connectivity index (χ0n) is 11.4. The van der Waals surface area contributed by atoms with Gasteiger partial charge in [0.1, 0.15) is 6.54 Å². The van der Waals surface area contributed by atoms with E-state index in [9.17, 15) is 19.7 Å². The third kappa shape index (κ3) is 3.57. The van der Waals surface area contributed by atoms with Crippen LogP contribution in [0.2, 0.25) is 0 Å². The van der Waals surface area contributed by atoms with Crippen molar-refractivity contribution in [1.29, 1.82) is 0 Å². The zero-order valence-corrected chi connectivity index (χ0v) is 11.4. The molecule has 21 heavy (non-hydrogen) atoms. The van der Waals surface area contributed by atoms with Crippen LogP contribution >= 0.6 is 0 Å². The summed E-state index contributed by atoms with van der Waals surface area (Å²) in [5.41, 5.74) is 5.29. The van der Waals surface area contributed by atoms with Crippen molar-refractivity contribution in [2.45, 2.75) is 18.9 Å². The SMILES string of the molecule is NC(=O)CN(C(=O)c1ccc([N+](=O)[O-])[nH]1)C1CCNCC1. The fourth-order valence-corrected chi connectivity index (χ4v) is 2.42. The molecular weight excluding hydrogens is 278 g/mol. The number of rotatable bonds is 5. The normalized spacial score (nSPS) is 15.6. The molecule has 1 aromatic rings. The zero-order chi connectivity index (χ0) is 15.4. The van der Waals surface area contributed by atoms with Crippen LogP contribution in [0.5, 0.6) is 0 Å². The molecule has 1 saturated heterocycles. The average Bonchev–Trinajstić information content (AvgIpc) is 2.95. The minimum Gasteiger partial charge on any atom is -0.368 e. The highest BCUT2D eigenvalue weighted by molar-refractivity contribution is 5.95. The second-order valence-corrected chi connectivity index (χ2v) is 4.89. The number of aromatic nitrogens is 1. The number of primary amides is 1. The summed E-state index contributed by atoms with van der Waals surface area (Å²) in [5.74, 6) is -1.32. The van der Waals surface area contributed by atoms with Gasteiger partial charge in [0.2, 0.25) is 5.91 Å². The van der Waals surface area contributed by atoms with E-state index >= 15 is 0 Å². The second-order valence-electron chi connectivity index (χ2n) is 4.89. The smallest absolute Gasteiger partial charge is 0.321 e. The molecule has 1 fully saturated rings. The van der Waals surface area contributed by atoms with E-state index in [1.807, 2.05) is 0 Å². The molecule has 0 aromatic carbocycles. The fourth-order valence-electron chi connectivity index (χ4n) is 2.42. The molecule has 0 saturated carbocycles. The summed E-state index contributed by atoms with van der Waals surface area (Å²) in [6.07, 6.45) is 1.42. The van der Waals surface area contributed by atoms with Gasteiger partial charge in [0.05, 0.1) is 0 Å². The second kappa shape index (κ2) is 6.35. The van der Waals surface area contributed by atoms with Crippen LogP contribution in [0.1, 0.15) is 23.3 Å². The lowest BCUT2D eigenvalue weighted by atomic mass is 10.0. The van der Waals surface area contributed by atoms with Gasteiger partial charge in [-0.15, -0.1) is 0 Å². The van der Waals surface area contributed by atoms with E-state index in [1.165, 1.54) is 17.0 Å². The van der Waals surface area contributed by atoms with Gasteiger partial charge in [-0.3, -0.25) is 9.59 Å². The largest absolute Gasteiger partial charge is 0.368 e. The van der Waals surface area contributed by atoms with E-state index in [1.54, 1.807) is 0 Å². The summed E-state index contributed by atoms with van der Waals surface area (Å²) in [6.45, 7) is 1.30. The molecule has 0 bridgehead atoms. The Hall–Kier alpha value is -2.42. The van der Waals surface area contributed by atoms with Gasteiger partial charge in [-0.25, -0.2) is 4.98 Å². The molecule has 9 heteroatoms. The average molecular weight is 295 g/mol. The molecule has 1 aliphatic rings. The number of H-pyrrole nitrogens is 1. The summed E-state index contributed by atoms with van der Waals surface area (Å²) >= 11 is 0. The first-order valence-electron chi connectivity index (χ1n) is 6.62. The van der Waals surface area contributed by atoms with E-state index in [0.29, 0.717) is 12.8 Å². The number of hydrogen-bond donors (Lipinski definition) is 3. The molecular formula is C12H17N5O4. The molecule has 2 rings (SSSR count). The Kier molecular flexibility index (Phi) is 4.53. The van der Waals surface area contributed by atoms with Gasteiger partial charge in [-0.1, -0.05) is 0 Å². The Balaban J connectivity index is 2.19. The summed E-state index contributed by atoms with van der Waals surface area (Å²) in [7, 11) is 0. The molecule has 114 valence electrons. The molecule has 0 aliphatic carbocycles. The summed E-state index contributed by atoms with van der Waals surface area (Å²) in [5, 5.41) is 13.8. The highest BCUT2D eigenvalue weighted by Crippen LogP contribution is 2.17. The van der Waals surface area contributed by atoms with Crippen LogP contribution in [-0.2, 0) is 4.79 Å². The molecule has 2 amide bonds. The number of carbonyl (C=O) groups is 2. The molecule has 0 atom stereocenters. The van der Waals surface area contributed by atoms with Gasteiger partial charge in [0, 0.05) is 12.1 Å². The van der Waals surface area contributed by atoms with E-state index in [-0.39, 0.29) is 24.1 Å². The quantitative estimate of drug-likeness (QED) is 0.502. The molecule has 9 nitrogen and oxygen atoms in total. The van der Waals surface area contributed by atoms with E-state index in [4.69, 9.17) is 5.73 Å². The fraction of sp³-hybridized carbons (Fsp3) is 0.500. The molecule has 1 aliphatic heterocycles. The summed E-state index contributed by atoms with van der Waals surface area (Å²) in [4.78, 5) is 37.5. The molecule has 2 heterocycles. The van der Waals surface area contributed by atoms with Gasteiger partial charge in [0.25, 0.3) is 5.91 Å². The van der Waals surface area contributed by atoms with Gasteiger partial charge in [-0.05, 0) is 36.9 Å². The first-order valence-corrected chi connectivity index (χ1v) is 6.62. The van der Waals surface area contributed by atoms with Crippen molar-refractivity contribution in [2.75, 3.05) is 19.6 Å². The van der Waals surface area contributed by atoms with E-state index in [2.05, 4.69) is 10.3 Å². The summed E-state index contributed by atoms with van der Waals surface area (Å²) in [6, 6.07) is 2.46. The van der Waals surface area contributed by atoms with Crippen LogP contribution in [0, 0.1) is 10.1 Å². The van der Waals surface area contributed by atoms with Crippen molar-refractivity contribution in [3.8, 4) is 0 Å². The lowest BCUT2D eigenvalue weighted by Gasteiger charge is -2.33. The van der Waals surface area contributed by atoms with Gasteiger partial charge < -0.3 is 26.1 Å². The number of aromatic amines is 1. The van der Waals surface area contributed by atoms with Crippen LogP contribution in [0.4, 0.5) is 5.82 Å². The van der Waals surface area contributed by atoms with Crippen molar-refractivity contribution < 1.29 is 14.5 Å². The summed E-state index contributed by atoms with van der Waals surface area (Å²) < 4.78 is 0. The molecule has 4 N–H and O–H groups in total. The van der Waals surface area contributed by atoms with E-state index < -0.39 is 16.7 Å². The minimum atomic E-state index is -0.611. The third-order valence-corrected chi connectivity index (χ3v) is 3.43. The monoisotopic (exact) mass is 295 g/mol. The van der Waals surface area contributed by atoms with Gasteiger partial charge in [-0.2, -0.15) is 0 Å². The molecule has 0 radical (unpaired) electrons. The lowest BCUT2D eigenvalue weighted by Crippen LogP contribution is -2.49. The Labute approximate surface area is 120 Å². The maximum atomic E-state index is 12.5. The predicted octanol–water partition coefficient (Wildman–Crippen LogP) is -0.398. The molecule has 1 aromatic heterocycles. The maximum absolute atomic E-state index is 12.5. The Morgan fingerprint density at radius 1 is 1.38 bits per heavy atom. The van der Waals surface area contributed by atoms with Gasteiger partial charge in [0.15, 0.2) is 5.69 Å². The van der Waals surface area contributed by atoms with Crippen LogP contribution in [0.15, 0.2) is 12.1 Å². The van der Waals surface area contributed by atoms with Crippen molar-refractivity contribution in [2.24, 2.45) is 5.73 Å². The van der Waals surface area contributed by atoms with Crippen LogP contribution < -0.4 is 11.1 Å². The highest BCUT2D eigenvalue weighted by atomic mass is 16.6. The van der Waals surface area contributed by atoms with Crippen LogP contribution in [-0.4, -0.2) is 52.3 Å². The molecule has 0 spiro atoms. The third-order valence-electron chi connectivity index (χ3n) is 3.43. The Morgan fingerprint density at radius 2 is 2.05 bits per heavy atom. The standard InChI is InChI=1S/C12H17N5O4/c13-10(18)7-16(8-3-5-14-6-4-8)12(19)9-1-2-11(15-9)17(20)21/h1-2,8,14-15H,3-7H2,(H2,13,18). The highest BCUT2D eigenvalue weighted by Gasteiger charge is 2.30. The number of nitrogens with one attached hydrogen (secondary N) is 2. The number of nitrogens with two attached hydrogens (primary N) is 1. The topological polar surface area (TPSA) is 134 Å². The van der Waals surface area contributed by atoms with Crippen LogP contribution in [0.3, 0.4) is 0 Å². The maximum Gasteiger partial charge on any atom is 0.321 e.